The number of hydrogen-bond acceptors (Lipinski definition) is 6. The normalized spacial score (nSPS) is 15.5. The molecular weight excluding hydrogens is 258 g/mol. The van der Waals surface area contributed by atoms with E-state index in [0.29, 0.717) is 22.4 Å². The van der Waals surface area contributed by atoms with Gasteiger partial charge in [0.1, 0.15) is 0 Å². The molecule has 2 heterocycles. The average molecular weight is 275 g/mol. The van der Waals surface area contributed by atoms with Crippen molar-refractivity contribution in [3.05, 3.63) is 12.1 Å². The second-order valence-electron chi connectivity index (χ2n) is 4.96. The largest absolute Gasteiger partial charge is 0.397 e. The molecule has 106 valence electrons. The molecule has 3 N–H and O–H groups in total. The van der Waals surface area contributed by atoms with Crippen LogP contribution in [-0.4, -0.2) is 40.8 Å². The van der Waals surface area contributed by atoms with Crippen molar-refractivity contribution in [3.63, 3.8) is 0 Å². The fraction of sp³-hybridized carbons (Fsp3) is 0.462. The van der Waals surface area contributed by atoms with E-state index in [1.165, 1.54) is 6.42 Å². The zero-order valence-electron chi connectivity index (χ0n) is 11.1. The maximum absolute atomic E-state index is 12.1. The molecule has 0 saturated carbocycles. The number of nitrogens with one attached hydrogen (secondary N) is 1. The van der Waals surface area contributed by atoms with E-state index in [9.17, 15) is 4.79 Å². The minimum absolute atomic E-state index is 0.103. The van der Waals surface area contributed by atoms with Gasteiger partial charge in [-0.3, -0.25) is 4.79 Å². The molecule has 7 nitrogen and oxygen atoms in total. The van der Waals surface area contributed by atoms with Gasteiger partial charge in [-0.25, -0.2) is 4.63 Å². The van der Waals surface area contributed by atoms with Crippen molar-refractivity contribution in [1.29, 1.82) is 0 Å². The minimum Gasteiger partial charge on any atom is -0.397 e. The molecule has 3 rings (SSSR count). The van der Waals surface area contributed by atoms with E-state index in [4.69, 9.17) is 10.4 Å². The molecule has 2 aromatic rings. The molecule has 0 unspecified atom stereocenters. The minimum atomic E-state index is 0.103. The molecule has 1 saturated heterocycles. The zero-order valence-corrected chi connectivity index (χ0v) is 11.1. The number of carbonyl (C=O) groups is 1. The Kier molecular flexibility index (Phi) is 3.41. The molecule has 1 fully saturated rings. The Bertz CT molecular complexity index is 618. The number of benzene rings is 1. The number of anilines is 2. The van der Waals surface area contributed by atoms with Gasteiger partial charge in [0.05, 0.1) is 17.9 Å². The fourth-order valence-electron chi connectivity index (χ4n) is 2.45. The van der Waals surface area contributed by atoms with Crippen LogP contribution < -0.4 is 11.1 Å². The number of amides is 1. The van der Waals surface area contributed by atoms with Crippen LogP contribution in [-0.2, 0) is 4.79 Å². The van der Waals surface area contributed by atoms with Crippen LogP contribution in [0.3, 0.4) is 0 Å². The van der Waals surface area contributed by atoms with Gasteiger partial charge in [-0.2, -0.15) is 0 Å². The van der Waals surface area contributed by atoms with Crippen LogP contribution in [0.1, 0.15) is 19.3 Å². The van der Waals surface area contributed by atoms with Gasteiger partial charge in [0.15, 0.2) is 11.0 Å². The maximum Gasteiger partial charge on any atom is 0.241 e. The fourth-order valence-corrected chi connectivity index (χ4v) is 2.45. The first kappa shape index (κ1) is 12.7. The van der Waals surface area contributed by atoms with Gasteiger partial charge in [0.25, 0.3) is 0 Å². The summed E-state index contributed by atoms with van der Waals surface area (Å²) in [6.07, 6.45) is 3.39. The lowest BCUT2D eigenvalue weighted by Crippen LogP contribution is -2.39. The third-order valence-electron chi connectivity index (χ3n) is 3.59. The van der Waals surface area contributed by atoms with Gasteiger partial charge in [0.2, 0.25) is 5.91 Å². The van der Waals surface area contributed by atoms with E-state index < -0.39 is 0 Å². The molecule has 0 radical (unpaired) electrons. The summed E-state index contributed by atoms with van der Waals surface area (Å²) in [7, 11) is 0. The van der Waals surface area contributed by atoms with Crippen molar-refractivity contribution in [3.8, 4) is 0 Å². The molecule has 1 aliphatic heterocycles. The summed E-state index contributed by atoms with van der Waals surface area (Å²) in [6.45, 7) is 1.94. The average Bonchev–Trinajstić information content (AvgIpc) is 2.98. The van der Waals surface area contributed by atoms with Gasteiger partial charge >= 0.3 is 0 Å². The molecule has 1 aromatic carbocycles. The lowest BCUT2D eigenvalue weighted by molar-refractivity contribution is -0.130. The van der Waals surface area contributed by atoms with Crippen LogP contribution >= 0.6 is 0 Å². The summed E-state index contributed by atoms with van der Waals surface area (Å²) in [6, 6.07) is 3.51. The van der Waals surface area contributed by atoms with Crippen LogP contribution in [0.5, 0.6) is 0 Å². The number of nitrogens with zero attached hydrogens (tertiary/aromatic N) is 3. The van der Waals surface area contributed by atoms with Crippen molar-refractivity contribution >= 4 is 28.3 Å². The number of fused-ring (bicyclic) bond motifs is 1. The van der Waals surface area contributed by atoms with Crippen LogP contribution in [0.4, 0.5) is 11.4 Å². The molecule has 0 spiro atoms. The Morgan fingerprint density at radius 2 is 2.00 bits per heavy atom. The molecular formula is C13H17N5O2. The molecule has 1 aliphatic rings. The SMILES string of the molecule is Nc1ccc(NCC(=O)N2CCCCC2)c2nonc12. The topological polar surface area (TPSA) is 97.3 Å². The highest BCUT2D eigenvalue weighted by molar-refractivity contribution is 5.96. The highest BCUT2D eigenvalue weighted by Crippen LogP contribution is 2.24. The summed E-state index contributed by atoms with van der Waals surface area (Å²) in [5.41, 5.74) is 8.06. The van der Waals surface area contributed by atoms with Gasteiger partial charge in [-0.1, -0.05) is 0 Å². The molecule has 0 bridgehead atoms. The highest BCUT2D eigenvalue weighted by Gasteiger charge is 2.17. The monoisotopic (exact) mass is 275 g/mol. The number of aromatic nitrogens is 2. The first-order valence-corrected chi connectivity index (χ1v) is 6.78. The quantitative estimate of drug-likeness (QED) is 0.818. The molecule has 0 aliphatic carbocycles. The second-order valence-corrected chi connectivity index (χ2v) is 4.96. The van der Waals surface area contributed by atoms with E-state index in [1.54, 1.807) is 12.1 Å². The van der Waals surface area contributed by atoms with Crippen molar-refractivity contribution in [1.82, 2.24) is 15.2 Å². The number of piperidine rings is 1. The standard InChI is InChI=1S/C13H17N5O2/c14-9-4-5-10(13-12(9)16-20-17-13)15-8-11(19)18-6-2-1-3-7-18/h4-5,15H,1-3,6-8,14H2. The van der Waals surface area contributed by atoms with E-state index in [1.807, 2.05) is 4.90 Å². The first-order valence-electron chi connectivity index (χ1n) is 6.78. The number of carbonyl (C=O) groups excluding carboxylic acids is 1. The van der Waals surface area contributed by atoms with Gasteiger partial charge in [-0.15, -0.1) is 0 Å². The van der Waals surface area contributed by atoms with Crippen LogP contribution in [0.25, 0.3) is 11.0 Å². The number of nitrogens with two attached hydrogens (primary N) is 1. The van der Waals surface area contributed by atoms with E-state index in [0.717, 1.165) is 25.9 Å². The molecule has 7 heteroatoms. The Morgan fingerprint density at radius 3 is 2.80 bits per heavy atom. The molecule has 1 amide bonds. The second kappa shape index (κ2) is 5.36. The Hall–Kier alpha value is -2.31. The van der Waals surface area contributed by atoms with Crippen molar-refractivity contribution in [2.24, 2.45) is 0 Å². The lowest BCUT2D eigenvalue weighted by Gasteiger charge is -2.26. The molecule has 20 heavy (non-hydrogen) atoms. The summed E-state index contributed by atoms with van der Waals surface area (Å²) in [5, 5.41) is 10.7. The Morgan fingerprint density at radius 1 is 1.25 bits per heavy atom. The predicted molar refractivity (Wildman–Crippen MR) is 75.1 cm³/mol. The van der Waals surface area contributed by atoms with Gasteiger partial charge in [0, 0.05) is 13.1 Å². The number of hydrogen-bond donors (Lipinski definition) is 2. The van der Waals surface area contributed by atoms with Crippen molar-refractivity contribution in [2.45, 2.75) is 19.3 Å². The number of nitrogen functional groups attached to an aromatic ring is 1. The van der Waals surface area contributed by atoms with Crippen LogP contribution in [0.2, 0.25) is 0 Å². The Labute approximate surface area is 116 Å². The van der Waals surface area contributed by atoms with Crippen molar-refractivity contribution < 1.29 is 9.42 Å². The lowest BCUT2D eigenvalue weighted by atomic mass is 10.1. The summed E-state index contributed by atoms with van der Waals surface area (Å²) >= 11 is 0. The van der Waals surface area contributed by atoms with E-state index in [-0.39, 0.29) is 12.5 Å². The number of likely N-dealkylation sites (tertiary alicyclic amines) is 1. The van der Waals surface area contributed by atoms with Gasteiger partial charge in [-0.05, 0) is 41.7 Å². The van der Waals surface area contributed by atoms with Crippen LogP contribution in [0.15, 0.2) is 16.8 Å². The first-order chi connectivity index (χ1) is 9.75. The van der Waals surface area contributed by atoms with Gasteiger partial charge < -0.3 is 16.0 Å². The Balaban J connectivity index is 1.69. The predicted octanol–water partition coefficient (Wildman–Crippen LogP) is 1.23. The third-order valence-corrected chi connectivity index (χ3v) is 3.59. The molecule has 0 atom stereocenters. The van der Waals surface area contributed by atoms with E-state index >= 15 is 0 Å². The molecule has 1 aromatic heterocycles. The number of rotatable bonds is 3. The van der Waals surface area contributed by atoms with Crippen LogP contribution in [0, 0.1) is 0 Å². The summed E-state index contributed by atoms with van der Waals surface area (Å²) in [4.78, 5) is 14.0. The third kappa shape index (κ3) is 2.38. The highest BCUT2D eigenvalue weighted by atomic mass is 16.6. The maximum atomic E-state index is 12.1. The smallest absolute Gasteiger partial charge is 0.241 e. The summed E-state index contributed by atoms with van der Waals surface area (Å²) < 4.78 is 4.69. The summed E-state index contributed by atoms with van der Waals surface area (Å²) in [5.74, 6) is 0.103. The zero-order chi connectivity index (χ0) is 13.9. The van der Waals surface area contributed by atoms with Crippen molar-refractivity contribution in [2.75, 3.05) is 30.7 Å². The van der Waals surface area contributed by atoms with E-state index in [2.05, 4.69) is 15.6 Å².